The minimum atomic E-state index is -0.280. The summed E-state index contributed by atoms with van der Waals surface area (Å²) < 4.78 is 19.3. The van der Waals surface area contributed by atoms with Crippen LogP contribution in [0.2, 0.25) is 0 Å². The Bertz CT molecular complexity index is 1120. The van der Waals surface area contributed by atoms with E-state index in [1.807, 2.05) is 25.1 Å². The molecule has 0 atom stereocenters. The quantitative estimate of drug-likeness (QED) is 0.587. The molecule has 0 aliphatic rings. The molecule has 0 spiro atoms. The van der Waals surface area contributed by atoms with E-state index >= 15 is 0 Å². The SMILES string of the molecule is Cc1ccc2c(Nc3ccc(C)c(F)c3)c(-c3nc(C)no3)cnc2n1. The second-order valence-electron chi connectivity index (χ2n) is 6.11. The third-order valence-corrected chi connectivity index (χ3v) is 4.07. The number of hydrogen-bond acceptors (Lipinski definition) is 6. The van der Waals surface area contributed by atoms with E-state index in [0.29, 0.717) is 39.9 Å². The maximum absolute atomic E-state index is 14.0. The summed E-state index contributed by atoms with van der Waals surface area (Å²) in [7, 11) is 0. The first kappa shape index (κ1) is 16.1. The number of nitrogens with zero attached hydrogens (tertiary/aromatic N) is 4. The molecule has 0 aliphatic carbocycles. The molecule has 0 aliphatic heterocycles. The van der Waals surface area contributed by atoms with E-state index < -0.39 is 0 Å². The normalized spacial score (nSPS) is 11.1. The van der Waals surface area contributed by atoms with E-state index in [1.54, 1.807) is 26.1 Å². The molecule has 6 nitrogen and oxygen atoms in total. The smallest absolute Gasteiger partial charge is 0.261 e. The molecule has 0 saturated heterocycles. The van der Waals surface area contributed by atoms with Gasteiger partial charge in [0.05, 0.1) is 11.3 Å². The minimum absolute atomic E-state index is 0.280. The van der Waals surface area contributed by atoms with E-state index in [-0.39, 0.29) is 5.82 Å². The first-order valence-electron chi connectivity index (χ1n) is 8.11. The molecule has 0 saturated carbocycles. The van der Waals surface area contributed by atoms with Crippen molar-refractivity contribution in [1.82, 2.24) is 20.1 Å². The Morgan fingerprint density at radius 2 is 1.88 bits per heavy atom. The van der Waals surface area contributed by atoms with Crippen LogP contribution in [-0.4, -0.2) is 20.1 Å². The fourth-order valence-electron chi connectivity index (χ4n) is 2.69. The number of aryl methyl sites for hydroxylation is 3. The van der Waals surface area contributed by atoms with Crippen LogP contribution in [0.3, 0.4) is 0 Å². The average Bonchev–Trinajstić information content (AvgIpc) is 3.04. The highest BCUT2D eigenvalue weighted by Gasteiger charge is 2.17. The minimum Gasteiger partial charge on any atom is -0.354 e. The number of rotatable bonds is 3. The zero-order chi connectivity index (χ0) is 18.3. The van der Waals surface area contributed by atoms with Gasteiger partial charge in [0.25, 0.3) is 5.89 Å². The van der Waals surface area contributed by atoms with Crippen LogP contribution in [0.15, 0.2) is 41.1 Å². The van der Waals surface area contributed by atoms with Gasteiger partial charge < -0.3 is 9.84 Å². The number of halogens is 1. The topological polar surface area (TPSA) is 76.7 Å². The third kappa shape index (κ3) is 2.88. The maximum Gasteiger partial charge on any atom is 0.261 e. The molecule has 1 N–H and O–H groups in total. The first-order valence-corrected chi connectivity index (χ1v) is 8.11. The number of anilines is 2. The zero-order valence-electron chi connectivity index (χ0n) is 14.5. The Hall–Kier alpha value is -3.35. The van der Waals surface area contributed by atoms with Crippen molar-refractivity contribution in [3.63, 3.8) is 0 Å². The van der Waals surface area contributed by atoms with Crippen molar-refractivity contribution < 1.29 is 8.91 Å². The number of nitrogens with one attached hydrogen (secondary N) is 1. The number of fused-ring (bicyclic) bond motifs is 1. The fourth-order valence-corrected chi connectivity index (χ4v) is 2.69. The summed E-state index contributed by atoms with van der Waals surface area (Å²) >= 11 is 0. The van der Waals surface area contributed by atoms with E-state index in [1.165, 1.54) is 6.07 Å². The number of aromatic nitrogens is 4. The van der Waals surface area contributed by atoms with Gasteiger partial charge in [-0.2, -0.15) is 4.98 Å². The monoisotopic (exact) mass is 349 g/mol. The molecule has 7 heteroatoms. The largest absolute Gasteiger partial charge is 0.354 e. The Kier molecular flexibility index (Phi) is 3.84. The zero-order valence-corrected chi connectivity index (χ0v) is 14.5. The summed E-state index contributed by atoms with van der Waals surface area (Å²) in [4.78, 5) is 13.2. The molecule has 0 fully saturated rings. The molecule has 1 aromatic carbocycles. The van der Waals surface area contributed by atoms with Gasteiger partial charge in [-0.1, -0.05) is 11.2 Å². The van der Waals surface area contributed by atoms with Gasteiger partial charge in [0.2, 0.25) is 0 Å². The maximum atomic E-state index is 14.0. The van der Waals surface area contributed by atoms with Crippen LogP contribution in [0.1, 0.15) is 17.1 Å². The van der Waals surface area contributed by atoms with Crippen LogP contribution in [0, 0.1) is 26.6 Å². The highest BCUT2D eigenvalue weighted by atomic mass is 19.1. The van der Waals surface area contributed by atoms with Gasteiger partial charge in [-0.3, -0.25) is 0 Å². The van der Waals surface area contributed by atoms with Gasteiger partial charge in [-0.25, -0.2) is 14.4 Å². The Morgan fingerprint density at radius 3 is 2.62 bits per heavy atom. The Labute approximate surface area is 149 Å². The molecule has 4 rings (SSSR count). The summed E-state index contributed by atoms with van der Waals surface area (Å²) in [5, 5.41) is 7.89. The number of pyridine rings is 2. The van der Waals surface area contributed by atoms with Crippen molar-refractivity contribution in [2.45, 2.75) is 20.8 Å². The van der Waals surface area contributed by atoms with E-state index in [9.17, 15) is 4.39 Å². The van der Waals surface area contributed by atoms with Crippen LogP contribution < -0.4 is 5.32 Å². The summed E-state index contributed by atoms with van der Waals surface area (Å²) in [5.74, 6) is 0.583. The number of benzene rings is 1. The molecular formula is C19H16FN5O. The Balaban J connectivity index is 1.92. The summed E-state index contributed by atoms with van der Waals surface area (Å²) in [6.45, 7) is 5.37. The van der Waals surface area contributed by atoms with Crippen LogP contribution in [-0.2, 0) is 0 Å². The van der Waals surface area contributed by atoms with E-state index in [2.05, 4.69) is 25.4 Å². The average molecular weight is 349 g/mol. The van der Waals surface area contributed by atoms with Crippen LogP contribution in [0.4, 0.5) is 15.8 Å². The standard InChI is InChI=1S/C19H16FN5O/c1-10-4-6-13(8-16(10)20)24-17-14-7-5-11(2)22-18(14)21-9-15(17)19-23-12(3)25-26-19/h4-9H,1-3H3,(H,21,22,24). The van der Waals surface area contributed by atoms with Crippen molar-refractivity contribution >= 4 is 22.4 Å². The molecule has 4 aromatic rings. The van der Waals surface area contributed by atoms with Gasteiger partial charge in [0.1, 0.15) is 5.82 Å². The molecular weight excluding hydrogens is 333 g/mol. The molecule has 26 heavy (non-hydrogen) atoms. The first-order chi connectivity index (χ1) is 12.5. The van der Waals surface area contributed by atoms with Crippen molar-refractivity contribution in [3.05, 3.63) is 59.4 Å². The predicted octanol–water partition coefficient (Wildman–Crippen LogP) is 4.49. The lowest BCUT2D eigenvalue weighted by Gasteiger charge is -2.13. The predicted molar refractivity (Wildman–Crippen MR) is 96.7 cm³/mol. The lowest BCUT2D eigenvalue weighted by Crippen LogP contribution is -1.99. The molecule has 0 unspecified atom stereocenters. The van der Waals surface area contributed by atoms with Crippen molar-refractivity contribution in [2.24, 2.45) is 0 Å². The summed E-state index contributed by atoms with van der Waals surface area (Å²) in [6, 6.07) is 8.80. The lowest BCUT2D eigenvalue weighted by atomic mass is 10.1. The molecule has 0 bridgehead atoms. The molecule has 3 heterocycles. The third-order valence-electron chi connectivity index (χ3n) is 4.07. The highest BCUT2D eigenvalue weighted by molar-refractivity contribution is 5.98. The van der Waals surface area contributed by atoms with Gasteiger partial charge in [0, 0.05) is 23.0 Å². The van der Waals surface area contributed by atoms with Gasteiger partial charge in [-0.15, -0.1) is 0 Å². The molecule has 3 aromatic heterocycles. The van der Waals surface area contributed by atoms with E-state index in [0.717, 1.165) is 11.1 Å². The van der Waals surface area contributed by atoms with Gasteiger partial charge in [-0.05, 0) is 50.6 Å². The second kappa shape index (κ2) is 6.18. The van der Waals surface area contributed by atoms with Crippen LogP contribution in [0.25, 0.3) is 22.5 Å². The van der Waals surface area contributed by atoms with Gasteiger partial charge >= 0.3 is 0 Å². The molecule has 0 amide bonds. The molecule has 0 radical (unpaired) electrons. The highest BCUT2D eigenvalue weighted by Crippen LogP contribution is 2.34. The fraction of sp³-hybridized carbons (Fsp3) is 0.158. The van der Waals surface area contributed by atoms with E-state index in [4.69, 9.17) is 4.52 Å². The van der Waals surface area contributed by atoms with Crippen molar-refractivity contribution in [1.29, 1.82) is 0 Å². The molecule has 130 valence electrons. The van der Waals surface area contributed by atoms with Crippen molar-refractivity contribution in [2.75, 3.05) is 5.32 Å². The summed E-state index contributed by atoms with van der Waals surface area (Å²) in [6.07, 6.45) is 1.63. The number of hydrogen-bond donors (Lipinski definition) is 1. The van der Waals surface area contributed by atoms with Crippen LogP contribution >= 0.6 is 0 Å². The second-order valence-corrected chi connectivity index (χ2v) is 6.11. The van der Waals surface area contributed by atoms with Crippen molar-refractivity contribution in [3.8, 4) is 11.5 Å². The Morgan fingerprint density at radius 1 is 1.04 bits per heavy atom. The van der Waals surface area contributed by atoms with Crippen LogP contribution in [0.5, 0.6) is 0 Å². The summed E-state index contributed by atoms with van der Waals surface area (Å²) in [5.41, 5.74) is 3.96. The lowest BCUT2D eigenvalue weighted by molar-refractivity contribution is 0.425. The van der Waals surface area contributed by atoms with Gasteiger partial charge in [0.15, 0.2) is 11.5 Å².